The van der Waals surface area contributed by atoms with Crippen LogP contribution in [0.2, 0.25) is 0 Å². The topological polar surface area (TPSA) is 49.8 Å². The molecule has 0 aliphatic carbocycles. The zero-order chi connectivity index (χ0) is 8.27. The third-order valence-corrected chi connectivity index (χ3v) is 1.58. The largest absolute Gasteiger partial charge is 0.376 e. The molecule has 4 heteroatoms. The van der Waals surface area contributed by atoms with E-state index in [0.29, 0.717) is 13.0 Å². The lowest BCUT2D eigenvalue weighted by molar-refractivity contribution is -0.182. The van der Waals surface area contributed by atoms with Gasteiger partial charge in [-0.3, -0.25) is 9.69 Å². The number of aliphatic hydroxyl groups excluding tert-OH is 1. The van der Waals surface area contributed by atoms with Crippen molar-refractivity contribution in [1.82, 2.24) is 4.90 Å². The van der Waals surface area contributed by atoms with Gasteiger partial charge in [0.25, 0.3) is 0 Å². The van der Waals surface area contributed by atoms with Crippen LogP contribution in [-0.2, 0) is 9.53 Å². The highest BCUT2D eigenvalue weighted by Gasteiger charge is 2.35. The van der Waals surface area contributed by atoms with E-state index in [0.717, 1.165) is 0 Å². The molecular formula is C7H11NO3. The van der Waals surface area contributed by atoms with Crippen molar-refractivity contribution in [3.8, 4) is 0 Å². The van der Waals surface area contributed by atoms with E-state index in [1.54, 1.807) is 6.08 Å². The van der Waals surface area contributed by atoms with Crippen LogP contribution < -0.4 is 0 Å². The number of ether oxygens (including phenoxy) is 1. The fourth-order valence-electron chi connectivity index (χ4n) is 0.923. The molecule has 1 rings (SSSR count). The first-order valence-electron chi connectivity index (χ1n) is 3.42. The smallest absolute Gasteiger partial charge is 0.230 e. The summed E-state index contributed by atoms with van der Waals surface area (Å²) in [5, 5.41) is 8.63. The Bertz CT molecular complexity index is 169. The maximum absolute atomic E-state index is 10.7. The van der Waals surface area contributed by atoms with Gasteiger partial charge in [-0.2, -0.15) is 0 Å². The lowest BCUT2D eigenvalue weighted by atomic mass is 10.2. The van der Waals surface area contributed by atoms with Gasteiger partial charge in [-0.15, -0.1) is 6.58 Å². The van der Waals surface area contributed by atoms with Crippen molar-refractivity contribution < 1.29 is 14.6 Å². The summed E-state index contributed by atoms with van der Waals surface area (Å²) in [6.45, 7) is 3.62. The van der Waals surface area contributed by atoms with Gasteiger partial charge in [-0.25, -0.2) is 0 Å². The SMILES string of the molecule is C=CCOC1CC(=O)N1CO. The Morgan fingerprint density at radius 3 is 3.09 bits per heavy atom. The number of carbonyl (C=O) groups excluding carboxylic acids is 1. The molecule has 0 aromatic rings. The van der Waals surface area contributed by atoms with Crippen molar-refractivity contribution in [3.05, 3.63) is 12.7 Å². The van der Waals surface area contributed by atoms with Crippen molar-refractivity contribution in [2.45, 2.75) is 12.6 Å². The average Bonchev–Trinajstić information content (AvgIpc) is 1.98. The van der Waals surface area contributed by atoms with E-state index in [1.807, 2.05) is 0 Å². The van der Waals surface area contributed by atoms with Gasteiger partial charge < -0.3 is 9.84 Å². The number of β-lactam (4-membered cyclic amide) rings is 1. The summed E-state index contributed by atoms with van der Waals surface area (Å²) < 4.78 is 5.13. The molecule has 1 unspecified atom stereocenters. The van der Waals surface area contributed by atoms with Crippen LogP contribution in [0.5, 0.6) is 0 Å². The minimum absolute atomic E-state index is 0.0680. The Morgan fingerprint density at radius 2 is 2.64 bits per heavy atom. The number of hydrogen-bond acceptors (Lipinski definition) is 3. The molecule has 1 fully saturated rings. The van der Waals surface area contributed by atoms with E-state index in [2.05, 4.69) is 6.58 Å². The predicted molar refractivity (Wildman–Crippen MR) is 38.5 cm³/mol. The first kappa shape index (κ1) is 8.23. The first-order valence-corrected chi connectivity index (χ1v) is 3.42. The molecule has 0 aromatic heterocycles. The number of likely N-dealkylation sites (tertiary alicyclic amines) is 1. The molecule has 4 nitrogen and oxygen atoms in total. The lowest BCUT2D eigenvalue weighted by Crippen LogP contribution is -2.54. The molecule has 1 N–H and O–H groups in total. The third-order valence-electron chi connectivity index (χ3n) is 1.58. The highest BCUT2D eigenvalue weighted by Crippen LogP contribution is 2.18. The maximum Gasteiger partial charge on any atom is 0.230 e. The summed E-state index contributed by atoms with van der Waals surface area (Å²) in [7, 11) is 0. The van der Waals surface area contributed by atoms with Gasteiger partial charge in [0.1, 0.15) is 13.0 Å². The van der Waals surface area contributed by atoms with E-state index in [9.17, 15) is 4.79 Å². The molecule has 1 amide bonds. The molecule has 1 aliphatic heterocycles. The van der Waals surface area contributed by atoms with Gasteiger partial charge in [0, 0.05) is 0 Å². The van der Waals surface area contributed by atoms with E-state index in [4.69, 9.17) is 9.84 Å². The molecule has 1 atom stereocenters. The second kappa shape index (κ2) is 3.50. The number of carbonyl (C=O) groups is 1. The quantitative estimate of drug-likeness (QED) is 0.450. The molecule has 0 aromatic carbocycles. The number of amides is 1. The fraction of sp³-hybridized carbons (Fsp3) is 0.571. The summed E-state index contributed by atoms with van der Waals surface area (Å²) in [6, 6.07) is 0. The Labute approximate surface area is 65.1 Å². The molecule has 11 heavy (non-hydrogen) atoms. The summed E-state index contributed by atoms with van der Waals surface area (Å²) in [5.74, 6) is -0.0680. The summed E-state index contributed by atoms with van der Waals surface area (Å²) >= 11 is 0. The van der Waals surface area contributed by atoms with Crippen LogP contribution in [0.1, 0.15) is 6.42 Å². The van der Waals surface area contributed by atoms with Gasteiger partial charge >= 0.3 is 0 Å². The van der Waals surface area contributed by atoms with Crippen LogP contribution in [-0.4, -0.2) is 35.5 Å². The molecule has 0 bridgehead atoms. The van der Waals surface area contributed by atoms with Crippen molar-refractivity contribution in [2.24, 2.45) is 0 Å². The highest BCUT2D eigenvalue weighted by molar-refractivity contribution is 5.82. The molecule has 1 heterocycles. The van der Waals surface area contributed by atoms with Gasteiger partial charge in [0.05, 0.1) is 13.0 Å². The molecule has 62 valence electrons. The van der Waals surface area contributed by atoms with Crippen molar-refractivity contribution in [1.29, 1.82) is 0 Å². The third kappa shape index (κ3) is 1.58. The molecule has 0 spiro atoms. The van der Waals surface area contributed by atoms with Crippen molar-refractivity contribution >= 4 is 5.91 Å². The lowest BCUT2D eigenvalue weighted by Gasteiger charge is -2.37. The second-order valence-corrected chi connectivity index (χ2v) is 2.29. The summed E-state index contributed by atoms with van der Waals surface area (Å²) in [5.41, 5.74) is 0. The van der Waals surface area contributed by atoms with E-state index >= 15 is 0 Å². The summed E-state index contributed by atoms with van der Waals surface area (Å²) in [4.78, 5) is 12.0. The van der Waals surface area contributed by atoms with Gasteiger partial charge in [-0.1, -0.05) is 6.08 Å². The second-order valence-electron chi connectivity index (χ2n) is 2.29. The Hall–Kier alpha value is -0.870. The standard InChI is InChI=1S/C7H11NO3/c1-2-3-11-7-4-6(10)8(7)5-9/h2,7,9H,1,3-5H2. The van der Waals surface area contributed by atoms with E-state index in [1.165, 1.54) is 4.90 Å². The number of rotatable bonds is 4. The van der Waals surface area contributed by atoms with Crippen LogP contribution in [0.3, 0.4) is 0 Å². The minimum Gasteiger partial charge on any atom is -0.376 e. The Kier molecular flexibility index (Phi) is 2.62. The molecule has 1 saturated heterocycles. The molecule has 1 aliphatic rings. The Balaban J connectivity index is 2.26. The minimum atomic E-state index is -0.263. The number of aliphatic hydroxyl groups is 1. The van der Waals surface area contributed by atoms with Gasteiger partial charge in [0.15, 0.2) is 0 Å². The predicted octanol–water partition coefficient (Wildman–Crippen LogP) is -0.303. The van der Waals surface area contributed by atoms with Gasteiger partial charge in [0.2, 0.25) is 5.91 Å². The van der Waals surface area contributed by atoms with Gasteiger partial charge in [-0.05, 0) is 0 Å². The van der Waals surface area contributed by atoms with Crippen LogP contribution in [0, 0.1) is 0 Å². The van der Waals surface area contributed by atoms with Crippen molar-refractivity contribution in [3.63, 3.8) is 0 Å². The fourth-order valence-corrected chi connectivity index (χ4v) is 0.923. The highest BCUT2D eigenvalue weighted by atomic mass is 16.5. The zero-order valence-electron chi connectivity index (χ0n) is 6.19. The van der Waals surface area contributed by atoms with Crippen LogP contribution in [0.4, 0.5) is 0 Å². The van der Waals surface area contributed by atoms with Crippen molar-refractivity contribution in [2.75, 3.05) is 13.3 Å². The monoisotopic (exact) mass is 157 g/mol. The van der Waals surface area contributed by atoms with Crippen LogP contribution in [0.15, 0.2) is 12.7 Å². The van der Waals surface area contributed by atoms with E-state index < -0.39 is 0 Å². The Morgan fingerprint density at radius 1 is 1.91 bits per heavy atom. The average molecular weight is 157 g/mol. The zero-order valence-corrected chi connectivity index (χ0v) is 6.19. The molecular weight excluding hydrogens is 146 g/mol. The summed E-state index contributed by atoms with van der Waals surface area (Å²) in [6.07, 6.45) is 1.73. The molecule has 0 radical (unpaired) electrons. The normalized spacial score (nSPS) is 23.2. The van der Waals surface area contributed by atoms with Crippen LogP contribution >= 0.6 is 0 Å². The first-order chi connectivity index (χ1) is 5.29. The molecule has 0 saturated carbocycles. The maximum atomic E-state index is 10.7. The van der Waals surface area contributed by atoms with E-state index in [-0.39, 0.29) is 18.9 Å². The number of hydrogen-bond donors (Lipinski definition) is 1. The van der Waals surface area contributed by atoms with Crippen LogP contribution in [0.25, 0.3) is 0 Å². The number of nitrogens with zero attached hydrogens (tertiary/aromatic N) is 1.